The number of hydrogen-bond donors (Lipinski definition) is 1. The quantitative estimate of drug-likeness (QED) is 0.843. The fourth-order valence-corrected chi connectivity index (χ4v) is 2.69. The van der Waals surface area contributed by atoms with Crippen molar-refractivity contribution in [1.29, 1.82) is 0 Å². The molecule has 106 valence electrons. The van der Waals surface area contributed by atoms with E-state index in [0.717, 1.165) is 26.0 Å². The number of benzene rings is 1. The van der Waals surface area contributed by atoms with Gasteiger partial charge in [-0.3, -0.25) is 0 Å². The molecular weight excluding hydrogens is 234 g/mol. The lowest BCUT2D eigenvalue weighted by Gasteiger charge is -2.27. The van der Waals surface area contributed by atoms with Crippen LogP contribution in [0.2, 0.25) is 0 Å². The van der Waals surface area contributed by atoms with Crippen LogP contribution < -0.4 is 5.32 Å². The molecule has 2 heteroatoms. The lowest BCUT2D eigenvalue weighted by molar-refractivity contribution is 0.0326. The molecule has 1 aromatic rings. The molecule has 19 heavy (non-hydrogen) atoms. The first-order valence-electron chi connectivity index (χ1n) is 7.59. The van der Waals surface area contributed by atoms with Crippen LogP contribution in [0.4, 0.5) is 0 Å². The normalized spacial score (nSPS) is 20.3. The second-order valence-electron chi connectivity index (χ2n) is 6.05. The molecule has 1 aromatic carbocycles. The molecule has 0 aliphatic carbocycles. The Morgan fingerprint density at radius 3 is 2.84 bits per heavy atom. The van der Waals surface area contributed by atoms with Crippen LogP contribution in [0.5, 0.6) is 0 Å². The number of ether oxygens (including phenoxy) is 1. The van der Waals surface area contributed by atoms with E-state index in [1.54, 1.807) is 0 Å². The van der Waals surface area contributed by atoms with Crippen LogP contribution in [0.3, 0.4) is 0 Å². The Labute approximate surface area is 117 Å². The molecule has 0 bridgehead atoms. The van der Waals surface area contributed by atoms with Gasteiger partial charge in [0.1, 0.15) is 0 Å². The first kappa shape index (κ1) is 14.5. The fraction of sp³-hybridized carbons (Fsp3) is 0.647. The van der Waals surface area contributed by atoms with Gasteiger partial charge in [-0.25, -0.2) is 0 Å². The zero-order chi connectivity index (χ0) is 13.7. The van der Waals surface area contributed by atoms with Gasteiger partial charge in [0, 0.05) is 6.04 Å². The van der Waals surface area contributed by atoms with Crippen molar-refractivity contribution in [3.8, 4) is 0 Å². The van der Waals surface area contributed by atoms with Crippen molar-refractivity contribution in [2.45, 2.75) is 52.2 Å². The lowest BCUT2D eigenvalue weighted by Crippen LogP contribution is -2.28. The smallest absolute Gasteiger partial charge is 0.0827 e. The maximum absolute atomic E-state index is 5.96. The molecule has 0 fully saturated rings. The van der Waals surface area contributed by atoms with Gasteiger partial charge in [0.25, 0.3) is 0 Å². The minimum atomic E-state index is 0.312. The van der Waals surface area contributed by atoms with Crippen LogP contribution in [0, 0.1) is 5.92 Å². The molecule has 0 saturated carbocycles. The van der Waals surface area contributed by atoms with Crippen molar-refractivity contribution in [3.05, 3.63) is 35.4 Å². The maximum Gasteiger partial charge on any atom is 0.0827 e. The summed E-state index contributed by atoms with van der Waals surface area (Å²) in [5.74, 6) is 0.708. The van der Waals surface area contributed by atoms with Crippen molar-refractivity contribution in [2.24, 2.45) is 5.92 Å². The van der Waals surface area contributed by atoms with E-state index in [9.17, 15) is 0 Å². The van der Waals surface area contributed by atoms with Gasteiger partial charge >= 0.3 is 0 Å². The average molecular weight is 261 g/mol. The molecule has 2 unspecified atom stereocenters. The molecule has 0 aromatic heterocycles. The summed E-state index contributed by atoms with van der Waals surface area (Å²) < 4.78 is 5.96. The molecule has 0 spiro atoms. The summed E-state index contributed by atoms with van der Waals surface area (Å²) in [6, 6.07) is 9.32. The van der Waals surface area contributed by atoms with E-state index in [1.807, 2.05) is 0 Å². The van der Waals surface area contributed by atoms with Crippen LogP contribution >= 0.6 is 0 Å². The minimum absolute atomic E-state index is 0.312. The predicted octanol–water partition coefficient (Wildman–Crippen LogP) is 3.71. The maximum atomic E-state index is 5.96. The van der Waals surface area contributed by atoms with Gasteiger partial charge in [-0.15, -0.1) is 0 Å². The summed E-state index contributed by atoms with van der Waals surface area (Å²) in [5, 5.41) is 3.51. The average Bonchev–Trinajstić information content (AvgIpc) is 2.42. The molecule has 2 rings (SSSR count). The van der Waals surface area contributed by atoms with Gasteiger partial charge < -0.3 is 10.1 Å². The minimum Gasteiger partial charge on any atom is -0.373 e. The molecule has 2 nitrogen and oxygen atoms in total. The second-order valence-corrected chi connectivity index (χ2v) is 6.05. The Balaban J connectivity index is 1.84. The summed E-state index contributed by atoms with van der Waals surface area (Å²) in [6.45, 7) is 8.71. The highest BCUT2D eigenvalue weighted by Gasteiger charge is 2.20. The van der Waals surface area contributed by atoms with E-state index in [1.165, 1.54) is 17.5 Å². The molecule has 1 aliphatic rings. The van der Waals surface area contributed by atoms with Gasteiger partial charge in [-0.2, -0.15) is 0 Å². The van der Waals surface area contributed by atoms with E-state index >= 15 is 0 Å². The summed E-state index contributed by atoms with van der Waals surface area (Å²) in [7, 11) is 0. The number of nitrogens with one attached hydrogen (secondary N) is 1. The zero-order valence-electron chi connectivity index (χ0n) is 12.5. The number of rotatable bonds is 6. The van der Waals surface area contributed by atoms with E-state index < -0.39 is 0 Å². The van der Waals surface area contributed by atoms with Crippen LogP contribution in [-0.2, 0) is 11.2 Å². The SMILES string of the molecule is CC(CCC1OCCc2ccccc21)CNC(C)C. The van der Waals surface area contributed by atoms with Crippen molar-refractivity contribution in [3.63, 3.8) is 0 Å². The Hall–Kier alpha value is -0.860. The molecule has 1 N–H and O–H groups in total. The van der Waals surface area contributed by atoms with Gasteiger partial charge in [-0.1, -0.05) is 45.0 Å². The summed E-state index contributed by atoms with van der Waals surface area (Å²) in [6.07, 6.45) is 3.74. The highest BCUT2D eigenvalue weighted by molar-refractivity contribution is 5.30. The first-order chi connectivity index (χ1) is 9.16. The van der Waals surface area contributed by atoms with E-state index in [4.69, 9.17) is 4.74 Å². The third-order valence-corrected chi connectivity index (χ3v) is 3.89. The first-order valence-corrected chi connectivity index (χ1v) is 7.59. The van der Waals surface area contributed by atoms with Crippen LogP contribution in [0.25, 0.3) is 0 Å². The van der Waals surface area contributed by atoms with Gasteiger partial charge in [0.2, 0.25) is 0 Å². The van der Waals surface area contributed by atoms with Gasteiger partial charge in [-0.05, 0) is 42.9 Å². The Morgan fingerprint density at radius 1 is 1.26 bits per heavy atom. The highest BCUT2D eigenvalue weighted by Crippen LogP contribution is 2.31. The Morgan fingerprint density at radius 2 is 2.05 bits per heavy atom. The number of fused-ring (bicyclic) bond motifs is 1. The molecular formula is C17H27NO. The standard InChI is InChI=1S/C17H27NO/c1-13(2)18-12-14(3)8-9-17-16-7-5-4-6-15(16)10-11-19-17/h4-7,13-14,17-18H,8-12H2,1-3H3. The van der Waals surface area contributed by atoms with E-state index in [0.29, 0.717) is 18.1 Å². The molecule has 0 saturated heterocycles. The van der Waals surface area contributed by atoms with Crippen molar-refractivity contribution in [1.82, 2.24) is 5.32 Å². The second kappa shape index (κ2) is 7.06. The van der Waals surface area contributed by atoms with Gasteiger partial charge in [0.15, 0.2) is 0 Å². The summed E-state index contributed by atoms with van der Waals surface area (Å²) in [4.78, 5) is 0. The number of hydrogen-bond acceptors (Lipinski definition) is 2. The molecule has 2 atom stereocenters. The van der Waals surface area contributed by atoms with Crippen molar-refractivity contribution in [2.75, 3.05) is 13.2 Å². The molecule has 0 amide bonds. The van der Waals surface area contributed by atoms with Crippen molar-refractivity contribution >= 4 is 0 Å². The monoisotopic (exact) mass is 261 g/mol. The third kappa shape index (κ3) is 4.32. The molecule has 0 radical (unpaired) electrons. The van der Waals surface area contributed by atoms with Crippen LogP contribution in [0.1, 0.15) is 50.8 Å². The van der Waals surface area contributed by atoms with E-state index in [2.05, 4.69) is 50.4 Å². The van der Waals surface area contributed by atoms with Crippen LogP contribution in [-0.4, -0.2) is 19.2 Å². The Kier molecular flexibility index (Phi) is 5.41. The molecule has 1 aliphatic heterocycles. The summed E-state index contributed by atoms with van der Waals surface area (Å²) in [5.41, 5.74) is 2.89. The topological polar surface area (TPSA) is 21.3 Å². The zero-order valence-corrected chi connectivity index (χ0v) is 12.5. The predicted molar refractivity (Wildman–Crippen MR) is 80.4 cm³/mol. The highest BCUT2D eigenvalue weighted by atomic mass is 16.5. The Bertz CT molecular complexity index is 389. The van der Waals surface area contributed by atoms with Crippen molar-refractivity contribution < 1.29 is 4.74 Å². The fourth-order valence-electron chi connectivity index (χ4n) is 2.69. The third-order valence-electron chi connectivity index (χ3n) is 3.89. The lowest BCUT2D eigenvalue weighted by atomic mass is 9.92. The van der Waals surface area contributed by atoms with Gasteiger partial charge in [0.05, 0.1) is 12.7 Å². The van der Waals surface area contributed by atoms with Crippen LogP contribution in [0.15, 0.2) is 24.3 Å². The molecule has 1 heterocycles. The summed E-state index contributed by atoms with van der Waals surface area (Å²) >= 11 is 0. The van der Waals surface area contributed by atoms with E-state index in [-0.39, 0.29) is 0 Å². The largest absolute Gasteiger partial charge is 0.373 e.